The van der Waals surface area contributed by atoms with E-state index in [1.54, 1.807) is 12.1 Å². The van der Waals surface area contributed by atoms with Gasteiger partial charge in [-0.15, -0.1) is 0 Å². The van der Waals surface area contributed by atoms with Gasteiger partial charge in [0.25, 0.3) is 0 Å². The van der Waals surface area contributed by atoms with Crippen LogP contribution in [-0.4, -0.2) is 16.5 Å². The van der Waals surface area contributed by atoms with E-state index >= 15 is 0 Å². The molecule has 21 heavy (non-hydrogen) atoms. The van der Waals surface area contributed by atoms with Gasteiger partial charge < -0.3 is 4.74 Å². The molecule has 0 spiro atoms. The van der Waals surface area contributed by atoms with Crippen molar-refractivity contribution in [2.24, 2.45) is 0 Å². The first-order valence-corrected chi connectivity index (χ1v) is 6.82. The average Bonchev–Trinajstić information content (AvgIpc) is 2.36. The van der Waals surface area contributed by atoms with Crippen LogP contribution in [0.1, 0.15) is 56.0 Å². The van der Waals surface area contributed by atoms with Crippen molar-refractivity contribution in [3.8, 4) is 0 Å². The number of esters is 1. The molecule has 0 saturated heterocycles. The summed E-state index contributed by atoms with van der Waals surface area (Å²) in [6, 6.07) is 7.14. The lowest BCUT2D eigenvalue weighted by Crippen LogP contribution is -2.23. The Hall–Kier alpha value is -2.17. The largest absolute Gasteiger partial charge is 0.456 e. The summed E-state index contributed by atoms with van der Waals surface area (Å²) in [6.45, 7) is 7.45. The Bertz CT molecular complexity index is 526. The number of ether oxygens (including phenoxy) is 1. The molecule has 0 aliphatic rings. The zero-order valence-corrected chi connectivity index (χ0v) is 12.8. The third-order valence-electron chi connectivity index (χ3n) is 2.83. The molecule has 5 heteroatoms. The van der Waals surface area contributed by atoms with Gasteiger partial charge in [0.05, 0.1) is 10.5 Å². The molecule has 0 radical (unpaired) electrons. The molecule has 0 aliphatic carbocycles. The summed E-state index contributed by atoms with van der Waals surface area (Å²) in [5, 5.41) is 10.2. The van der Waals surface area contributed by atoms with Gasteiger partial charge in [-0.2, -0.15) is 0 Å². The van der Waals surface area contributed by atoms with E-state index in [-0.39, 0.29) is 11.9 Å². The molecule has 1 aromatic carbocycles. The van der Waals surface area contributed by atoms with Crippen LogP contribution in [0.2, 0.25) is 0 Å². The SMILES string of the molecule is CC(CC=C[N+](=O)[O-])c1ccc(C(=O)OC(C)(C)C)cc1. The highest BCUT2D eigenvalue weighted by Crippen LogP contribution is 2.21. The maximum atomic E-state index is 11.9. The monoisotopic (exact) mass is 291 g/mol. The van der Waals surface area contributed by atoms with Gasteiger partial charge in [-0.1, -0.05) is 19.1 Å². The highest BCUT2D eigenvalue weighted by atomic mass is 16.6. The van der Waals surface area contributed by atoms with Crippen molar-refractivity contribution >= 4 is 5.97 Å². The fourth-order valence-electron chi connectivity index (χ4n) is 1.77. The molecule has 1 atom stereocenters. The minimum absolute atomic E-state index is 0.147. The first kappa shape index (κ1) is 16.9. The fraction of sp³-hybridized carbons (Fsp3) is 0.438. The summed E-state index contributed by atoms with van der Waals surface area (Å²) >= 11 is 0. The highest BCUT2D eigenvalue weighted by molar-refractivity contribution is 5.89. The van der Waals surface area contributed by atoms with Gasteiger partial charge in [-0.05, 0) is 56.9 Å². The molecular weight excluding hydrogens is 270 g/mol. The smallest absolute Gasteiger partial charge is 0.338 e. The average molecular weight is 291 g/mol. The molecule has 1 rings (SSSR count). The molecule has 0 bridgehead atoms. The van der Waals surface area contributed by atoms with Crippen LogP contribution in [-0.2, 0) is 4.74 Å². The Kier molecular flexibility index (Phi) is 5.64. The lowest BCUT2D eigenvalue weighted by molar-refractivity contribution is -0.402. The molecule has 1 aromatic rings. The number of nitro groups is 1. The molecule has 0 heterocycles. The molecule has 0 saturated carbocycles. The van der Waals surface area contributed by atoms with Gasteiger partial charge in [0.15, 0.2) is 0 Å². The normalized spacial score (nSPS) is 13.1. The number of nitrogens with zero attached hydrogens (tertiary/aromatic N) is 1. The van der Waals surface area contributed by atoms with Gasteiger partial charge >= 0.3 is 5.97 Å². The maximum Gasteiger partial charge on any atom is 0.338 e. The van der Waals surface area contributed by atoms with Crippen LogP contribution in [0, 0.1) is 10.1 Å². The molecule has 0 aliphatic heterocycles. The van der Waals surface area contributed by atoms with E-state index in [0.29, 0.717) is 12.0 Å². The number of rotatable bonds is 5. The van der Waals surface area contributed by atoms with Crippen LogP contribution in [0.15, 0.2) is 36.5 Å². The Balaban J connectivity index is 2.69. The predicted octanol–water partition coefficient (Wildman–Crippen LogP) is 3.93. The summed E-state index contributed by atoms with van der Waals surface area (Å²) in [5.74, 6) is -0.205. The van der Waals surface area contributed by atoms with Gasteiger partial charge in [-0.25, -0.2) is 4.79 Å². The summed E-state index contributed by atoms with van der Waals surface area (Å²) in [5.41, 5.74) is 1.01. The summed E-state index contributed by atoms with van der Waals surface area (Å²) in [7, 11) is 0. The van der Waals surface area contributed by atoms with Gasteiger partial charge in [0.2, 0.25) is 6.20 Å². The van der Waals surface area contributed by atoms with E-state index in [4.69, 9.17) is 4.74 Å². The van der Waals surface area contributed by atoms with E-state index in [9.17, 15) is 14.9 Å². The Morgan fingerprint density at radius 1 is 1.33 bits per heavy atom. The number of allylic oxidation sites excluding steroid dienone is 1. The molecule has 0 N–H and O–H groups in total. The van der Waals surface area contributed by atoms with E-state index < -0.39 is 10.5 Å². The first-order valence-electron chi connectivity index (χ1n) is 6.82. The molecule has 5 nitrogen and oxygen atoms in total. The first-order chi connectivity index (χ1) is 9.69. The second-order valence-corrected chi connectivity index (χ2v) is 5.93. The summed E-state index contributed by atoms with van der Waals surface area (Å²) in [6.07, 6.45) is 3.06. The molecule has 114 valence electrons. The zero-order valence-electron chi connectivity index (χ0n) is 12.8. The van der Waals surface area contributed by atoms with Gasteiger partial charge in [-0.3, -0.25) is 10.1 Å². The third-order valence-corrected chi connectivity index (χ3v) is 2.83. The van der Waals surface area contributed by atoms with Crippen molar-refractivity contribution in [3.63, 3.8) is 0 Å². The quantitative estimate of drug-likeness (QED) is 0.468. The second kappa shape index (κ2) is 7.02. The van der Waals surface area contributed by atoms with Crippen LogP contribution in [0.4, 0.5) is 0 Å². The van der Waals surface area contributed by atoms with Crippen LogP contribution in [0.3, 0.4) is 0 Å². The van der Waals surface area contributed by atoms with E-state index in [0.717, 1.165) is 11.8 Å². The van der Waals surface area contributed by atoms with Crippen molar-refractivity contribution in [1.82, 2.24) is 0 Å². The minimum Gasteiger partial charge on any atom is -0.456 e. The lowest BCUT2D eigenvalue weighted by atomic mass is 9.97. The van der Waals surface area contributed by atoms with Crippen molar-refractivity contribution in [3.05, 3.63) is 57.8 Å². The summed E-state index contributed by atoms with van der Waals surface area (Å²) in [4.78, 5) is 21.6. The van der Waals surface area contributed by atoms with E-state index in [1.165, 1.54) is 6.08 Å². The minimum atomic E-state index is -0.517. The van der Waals surface area contributed by atoms with E-state index in [2.05, 4.69) is 0 Å². The molecule has 0 amide bonds. The van der Waals surface area contributed by atoms with Crippen LogP contribution < -0.4 is 0 Å². The second-order valence-electron chi connectivity index (χ2n) is 5.93. The number of hydrogen-bond donors (Lipinski definition) is 0. The standard InChI is InChI=1S/C16H21NO4/c1-12(6-5-11-17(19)20)13-7-9-14(10-8-13)15(18)21-16(2,3)4/h5,7-12H,6H2,1-4H3. The predicted molar refractivity (Wildman–Crippen MR) is 80.8 cm³/mol. The van der Waals surface area contributed by atoms with Gasteiger partial charge in [0, 0.05) is 0 Å². The Morgan fingerprint density at radius 2 is 1.90 bits per heavy atom. The maximum absolute atomic E-state index is 11.9. The van der Waals surface area contributed by atoms with Crippen molar-refractivity contribution < 1.29 is 14.5 Å². The fourth-order valence-corrected chi connectivity index (χ4v) is 1.77. The third kappa shape index (κ3) is 6.21. The van der Waals surface area contributed by atoms with Crippen LogP contribution in [0.25, 0.3) is 0 Å². The highest BCUT2D eigenvalue weighted by Gasteiger charge is 2.17. The van der Waals surface area contributed by atoms with E-state index in [1.807, 2.05) is 39.8 Å². The van der Waals surface area contributed by atoms with Crippen molar-refractivity contribution in [1.29, 1.82) is 0 Å². The number of hydrogen-bond acceptors (Lipinski definition) is 4. The number of carbonyl (C=O) groups is 1. The van der Waals surface area contributed by atoms with Crippen molar-refractivity contribution in [2.45, 2.75) is 45.6 Å². The summed E-state index contributed by atoms with van der Waals surface area (Å²) < 4.78 is 5.29. The zero-order chi connectivity index (χ0) is 16.0. The Morgan fingerprint density at radius 3 is 2.38 bits per heavy atom. The Labute approximate surface area is 124 Å². The van der Waals surface area contributed by atoms with Gasteiger partial charge in [0.1, 0.15) is 5.60 Å². The molecular formula is C16H21NO4. The number of carbonyl (C=O) groups excluding carboxylic acids is 1. The topological polar surface area (TPSA) is 69.4 Å². The van der Waals surface area contributed by atoms with Crippen LogP contribution in [0.5, 0.6) is 0 Å². The van der Waals surface area contributed by atoms with Crippen LogP contribution >= 0.6 is 0 Å². The van der Waals surface area contributed by atoms with Crippen molar-refractivity contribution in [2.75, 3.05) is 0 Å². The lowest BCUT2D eigenvalue weighted by Gasteiger charge is -2.19. The molecule has 0 fully saturated rings. The molecule has 0 aromatic heterocycles. The molecule has 1 unspecified atom stereocenters. The number of benzene rings is 1.